The Labute approximate surface area is 77.9 Å². The minimum Gasteiger partial charge on any atom is -0.355 e. The lowest BCUT2D eigenvalue weighted by atomic mass is 10.2. The Bertz CT molecular complexity index is 290. The molecule has 0 aromatic heterocycles. The van der Waals surface area contributed by atoms with Crippen molar-refractivity contribution in [1.29, 1.82) is 0 Å². The Morgan fingerprint density at radius 1 is 1.58 bits per heavy atom. The summed E-state index contributed by atoms with van der Waals surface area (Å²) < 4.78 is 13.1. The molecule has 12 heavy (non-hydrogen) atoms. The number of carbonyl (C=O) groups excluding carboxylic acids is 1. The lowest BCUT2D eigenvalue weighted by molar-refractivity contribution is -0.109. The van der Waals surface area contributed by atoms with Gasteiger partial charge in [0, 0.05) is 6.54 Å². The normalized spacial score (nSPS) is 9.50. The highest BCUT2D eigenvalue weighted by atomic mass is 79.9. The average Bonchev–Trinajstić information content (AvgIpc) is 2.07. The first-order valence-corrected chi connectivity index (χ1v) is 4.14. The molecule has 0 bridgehead atoms. The van der Waals surface area contributed by atoms with Crippen LogP contribution in [0.3, 0.4) is 0 Å². The summed E-state index contributed by atoms with van der Waals surface area (Å²) in [5.74, 6) is -0.301. The molecule has 0 fully saturated rings. The summed E-state index contributed by atoms with van der Waals surface area (Å²) in [6, 6.07) is 4.61. The van der Waals surface area contributed by atoms with Gasteiger partial charge in [-0.2, -0.15) is 0 Å². The van der Waals surface area contributed by atoms with E-state index in [2.05, 4.69) is 21.2 Å². The fourth-order valence-electron chi connectivity index (χ4n) is 0.809. The van der Waals surface area contributed by atoms with Gasteiger partial charge in [-0.1, -0.05) is 6.07 Å². The van der Waals surface area contributed by atoms with Gasteiger partial charge >= 0.3 is 0 Å². The summed E-state index contributed by atoms with van der Waals surface area (Å²) in [5.41, 5.74) is 0.857. The molecule has 64 valence electrons. The van der Waals surface area contributed by atoms with Crippen LogP contribution in [0.15, 0.2) is 22.7 Å². The summed E-state index contributed by atoms with van der Waals surface area (Å²) in [6.45, 7) is 0.419. The molecular formula is C8H7BrFNO. The highest BCUT2D eigenvalue weighted by Gasteiger charge is 1.98. The molecule has 1 rings (SSSR count). The molecule has 0 unspecified atom stereocenters. The van der Waals surface area contributed by atoms with Crippen molar-refractivity contribution in [2.45, 2.75) is 6.54 Å². The minimum atomic E-state index is -0.301. The Balaban J connectivity index is 2.75. The van der Waals surface area contributed by atoms with Crippen molar-refractivity contribution in [2.24, 2.45) is 0 Å². The fraction of sp³-hybridized carbons (Fsp3) is 0.125. The molecule has 0 atom stereocenters. The smallest absolute Gasteiger partial charge is 0.207 e. The number of hydrogen-bond acceptors (Lipinski definition) is 1. The number of hydrogen-bond donors (Lipinski definition) is 1. The molecule has 0 saturated heterocycles. The van der Waals surface area contributed by atoms with Gasteiger partial charge in [-0.05, 0) is 33.6 Å². The zero-order valence-electron chi connectivity index (χ0n) is 6.18. The molecule has 1 aromatic carbocycles. The second kappa shape index (κ2) is 4.21. The molecule has 1 amide bonds. The SMILES string of the molecule is O=CNCc1ccc(F)c(Br)c1. The van der Waals surface area contributed by atoms with E-state index < -0.39 is 0 Å². The van der Waals surface area contributed by atoms with Gasteiger partial charge in [0.25, 0.3) is 0 Å². The number of amides is 1. The maximum absolute atomic E-state index is 12.7. The van der Waals surface area contributed by atoms with Gasteiger partial charge in [0.1, 0.15) is 5.82 Å². The quantitative estimate of drug-likeness (QED) is 0.791. The van der Waals surface area contributed by atoms with Crippen LogP contribution in [0.4, 0.5) is 4.39 Å². The van der Waals surface area contributed by atoms with Crippen LogP contribution in [0.5, 0.6) is 0 Å². The molecule has 0 spiro atoms. The zero-order chi connectivity index (χ0) is 8.97. The van der Waals surface area contributed by atoms with Crippen LogP contribution < -0.4 is 5.32 Å². The van der Waals surface area contributed by atoms with Crippen LogP contribution in [0.2, 0.25) is 0 Å². The largest absolute Gasteiger partial charge is 0.355 e. The van der Waals surface area contributed by atoms with Crippen molar-refractivity contribution in [1.82, 2.24) is 5.32 Å². The van der Waals surface area contributed by atoms with Crippen molar-refractivity contribution in [3.8, 4) is 0 Å². The van der Waals surface area contributed by atoms with Gasteiger partial charge in [0.15, 0.2) is 0 Å². The van der Waals surface area contributed by atoms with Crippen LogP contribution >= 0.6 is 15.9 Å². The number of halogens is 2. The Hall–Kier alpha value is -0.900. The molecule has 0 aliphatic heterocycles. The number of carbonyl (C=O) groups is 1. The van der Waals surface area contributed by atoms with E-state index in [1.807, 2.05) is 0 Å². The molecule has 0 saturated carbocycles. The molecule has 1 N–H and O–H groups in total. The van der Waals surface area contributed by atoms with Gasteiger partial charge in [0.2, 0.25) is 6.41 Å². The van der Waals surface area contributed by atoms with E-state index in [0.29, 0.717) is 17.4 Å². The van der Waals surface area contributed by atoms with Gasteiger partial charge in [-0.3, -0.25) is 4.79 Å². The van der Waals surface area contributed by atoms with Crippen molar-refractivity contribution < 1.29 is 9.18 Å². The van der Waals surface area contributed by atoms with E-state index in [9.17, 15) is 9.18 Å². The third kappa shape index (κ3) is 2.30. The molecule has 0 radical (unpaired) electrons. The first-order chi connectivity index (χ1) is 5.74. The lowest BCUT2D eigenvalue weighted by Gasteiger charge is -2.00. The van der Waals surface area contributed by atoms with E-state index >= 15 is 0 Å². The predicted octanol–water partition coefficient (Wildman–Crippen LogP) is 1.83. The van der Waals surface area contributed by atoms with E-state index in [4.69, 9.17) is 0 Å². The molecule has 1 aromatic rings. The van der Waals surface area contributed by atoms with Crippen LogP contribution in [0, 0.1) is 5.82 Å². The zero-order valence-corrected chi connectivity index (χ0v) is 7.77. The second-order valence-electron chi connectivity index (χ2n) is 2.25. The van der Waals surface area contributed by atoms with Gasteiger partial charge in [0.05, 0.1) is 4.47 Å². The van der Waals surface area contributed by atoms with E-state index in [1.54, 1.807) is 12.1 Å². The Kier molecular flexibility index (Phi) is 3.22. The van der Waals surface area contributed by atoms with E-state index in [0.717, 1.165) is 5.56 Å². The summed E-state index contributed by atoms with van der Waals surface area (Å²) >= 11 is 3.05. The lowest BCUT2D eigenvalue weighted by Crippen LogP contribution is -2.09. The maximum Gasteiger partial charge on any atom is 0.207 e. The fourth-order valence-corrected chi connectivity index (χ4v) is 1.24. The number of rotatable bonds is 3. The summed E-state index contributed by atoms with van der Waals surface area (Å²) in [5, 5.41) is 2.49. The summed E-state index contributed by atoms with van der Waals surface area (Å²) in [4.78, 5) is 9.93. The van der Waals surface area contributed by atoms with E-state index in [-0.39, 0.29) is 5.82 Å². The molecule has 2 nitrogen and oxygen atoms in total. The first kappa shape index (κ1) is 9.19. The van der Waals surface area contributed by atoms with Crippen molar-refractivity contribution in [3.63, 3.8) is 0 Å². The molecule has 0 aliphatic carbocycles. The topological polar surface area (TPSA) is 29.1 Å². The molecular weight excluding hydrogens is 225 g/mol. The van der Waals surface area contributed by atoms with Gasteiger partial charge < -0.3 is 5.32 Å². The summed E-state index contributed by atoms with van der Waals surface area (Å²) in [6.07, 6.45) is 0.608. The Morgan fingerprint density at radius 2 is 2.33 bits per heavy atom. The molecule has 0 aliphatic rings. The van der Waals surface area contributed by atoms with Crippen molar-refractivity contribution in [3.05, 3.63) is 34.1 Å². The third-order valence-electron chi connectivity index (χ3n) is 1.37. The summed E-state index contributed by atoms with van der Waals surface area (Å²) in [7, 11) is 0. The monoisotopic (exact) mass is 231 g/mol. The van der Waals surface area contributed by atoms with Crippen molar-refractivity contribution in [2.75, 3.05) is 0 Å². The van der Waals surface area contributed by atoms with Crippen LogP contribution in [-0.4, -0.2) is 6.41 Å². The van der Waals surface area contributed by atoms with Crippen LogP contribution in [-0.2, 0) is 11.3 Å². The minimum absolute atomic E-state index is 0.301. The molecule has 4 heteroatoms. The van der Waals surface area contributed by atoms with Crippen LogP contribution in [0.25, 0.3) is 0 Å². The predicted molar refractivity (Wildman–Crippen MR) is 47.0 cm³/mol. The first-order valence-electron chi connectivity index (χ1n) is 3.35. The second-order valence-corrected chi connectivity index (χ2v) is 3.10. The standard InChI is InChI=1S/C8H7BrFNO/c9-7-3-6(4-11-5-12)1-2-8(7)10/h1-3,5H,4H2,(H,11,12). The van der Waals surface area contributed by atoms with Gasteiger partial charge in [-0.25, -0.2) is 4.39 Å². The van der Waals surface area contributed by atoms with E-state index in [1.165, 1.54) is 6.07 Å². The number of benzene rings is 1. The van der Waals surface area contributed by atoms with Gasteiger partial charge in [-0.15, -0.1) is 0 Å². The van der Waals surface area contributed by atoms with Crippen LogP contribution in [0.1, 0.15) is 5.56 Å². The maximum atomic E-state index is 12.7. The third-order valence-corrected chi connectivity index (χ3v) is 1.98. The highest BCUT2D eigenvalue weighted by molar-refractivity contribution is 9.10. The Morgan fingerprint density at radius 3 is 2.92 bits per heavy atom. The van der Waals surface area contributed by atoms with Crippen molar-refractivity contribution >= 4 is 22.3 Å². The number of nitrogens with one attached hydrogen (secondary N) is 1. The average molecular weight is 232 g/mol. The highest BCUT2D eigenvalue weighted by Crippen LogP contribution is 2.16. The molecule has 0 heterocycles.